The molecule has 1 amide bonds. The highest BCUT2D eigenvalue weighted by atomic mass is 19.1. The summed E-state index contributed by atoms with van der Waals surface area (Å²) in [4.78, 5) is 10.9. The fourth-order valence-electron chi connectivity index (χ4n) is 1.71. The van der Waals surface area contributed by atoms with Crippen molar-refractivity contribution in [1.29, 1.82) is 0 Å². The summed E-state index contributed by atoms with van der Waals surface area (Å²) in [5.41, 5.74) is 6.35. The maximum absolute atomic E-state index is 14.0. The molecule has 1 aromatic heterocycles. The predicted molar refractivity (Wildman–Crippen MR) is 69.4 cm³/mol. The lowest BCUT2D eigenvalue weighted by atomic mass is 10.2. The molecule has 1 heterocycles. The molecule has 6 heteroatoms. The number of benzene rings is 1. The number of primary amides is 1. The van der Waals surface area contributed by atoms with Crippen LogP contribution in [0.1, 0.15) is 23.0 Å². The minimum absolute atomic E-state index is 0.108. The molecule has 0 saturated heterocycles. The predicted octanol–water partition coefficient (Wildman–Crippen LogP) is 1.22. The van der Waals surface area contributed by atoms with Crippen molar-refractivity contribution in [2.45, 2.75) is 13.5 Å². The van der Waals surface area contributed by atoms with Crippen molar-refractivity contribution in [2.75, 3.05) is 6.54 Å². The number of nitrogens with two attached hydrogens (primary N) is 1. The highest BCUT2D eigenvalue weighted by molar-refractivity contribution is 5.90. The van der Waals surface area contributed by atoms with Gasteiger partial charge < -0.3 is 11.1 Å². The summed E-state index contributed by atoms with van der Waals surface area (Å²) in [6.45, 7) is 3.42. The van der Waals surface area contributed by atoms with Crippen molar-refractivity contribution in [2.24, 2.45) is 5.73 Å². The van der Waals surface area contributed by atoms with Crippen LogP contribution in [0.5, 0.6) is 0 Å². The van der Waals surface area contributed by atoms with Crippen LogP contribution in [0.3, 0.4) is 0 Å². The van der Waals surface area contributed by atoms with Crippen LogP contribution in [0.25, 0.3) is 5.69 Å². The van der Waals surface area contributed by atoms with Crippen LogP contribution < -0.4 is 11.1 Å². The maximum Gasteiger partial charge on any atom is 0.269 e. The van der Waals surface area contributed by atoms with Crippen LogP contribution in [0.2, 0.25) is 0 Å². The Labute approximate surface area is 110 Å². The lowest BCUT2D eigenvalue weighted by Gasteiger charge is -2.06. The molecule has 0 radical (unpaired) electrons. The SMILES string of the molecule is CCNCc1ccc(-n2ccc(C(N)=O)n2)c(F)c1. The Kier molecular flexibility index (Phi) is 3.91. The molecule has 0 aliphatic carbocycles. The minimum atomic E-state index is -0.636. The van der Waals surface area contributed by atoms with E-state index in [4.69, 9.17) is 5.73 Å². The molecule has 0 aliphatic heterocycles. The number of amides is 1. The molecule has 1 aromatic carbocycles. The van der Waals surface area contributed by atoms with Gasteiger partial charge in [-0.05, 0) is 30.3 Å². The van der Waals surface area contributed by atoms with Gasteiger partial charge >= 0.3 is 0 Å². The summed E-state index contributed by atoms with van der Waals surface area (Å²) in [6, 6.07) is 6.34. The molecule has 0 bridgehead atoms. The van der Waals surface area contributed by atoms with Gasteiger partial charge in [0.15, 0.2) is 0 Å². The number of carbonyl (C=O) groups excluding carboxylic acids is 1. The number of rotatable bonds is 5. The third-order valence-corrected chi connectivity index (χ3v) is 2.68. The third kappa shape index (κ3) is 2.97. The molecule has 19 heavy (non-hydrogen) atoms. The number of nitrogens with one attached hydrogen (secondary N) is 1. The fraction of sp³-hybridized carbons (Fsp3) is 0.231. The molecule has 0 unspecified atom stereocenters. The van der Waals surface area contributed by atoms with Crippen LogP contribution in [0.4, 0.5) is 4.39 Å². The van der Waals surface area contributed by atoms with Crippen molar-refractivity contribution >= 4 is 5.91 Å². The number of hydrogen-bond donors (Lipinski definition) is 2. The van der Waals surface area contributed by atoms with Crippen molar-refractivity contribution in [3.05, 3.63) is 47.5 Å². The topological polar surface area (TPSA) is 72.9 Å². The van der Waals surface area contributed by atoms with Gasteiger partial charge in [-0.1, -0.05) is 13.0 Å². The Morgan fingerprint density at radius 2 is 2.26 bits per heavy atom. The molecule has 3 N–H and O–H groups in total. The van der Waals surface area contributed by atoms with E-state index in [-0.39, 0.29) is 11.4 Å². The Balaban J connectivity index is 2.26. The minimum Gasteiger partial charge on any atom is -0.364 e. The first-order chi connectivity index (χ1) is 9.11. The smallest absolute Gasteiger partial charge is 0.269 e. The van der Waals surface area contributed by atoms with Crippen LogP contribution in [-0.4, -0.2) is 22.2 Å². The summed E-state index contributed by atoms with van der Waals surface area (Å²) in [7, 11) is 0. The van der Waals surface area contributed by atoms with E-state index < -0.39 is 11.7 Å². The van der Waals surface area contributed by atoms with E-state index in [1.165, 1.54) is 23.0 Å². The lowest BCUT2D eigenvalue weighted by Crippen LogP contribution is -2.13. The summed E-state index contributed by atoms with van der Waals surface area (Å²) in [5.74, 6) is -1.03. The molecule has 0 saturated carbocycles. The molecule has 0 spiro atoms. The van der Waals surface area contributed by atoms with Gasteiger partial charge in [-0.25, -0.2) is 9.07 Å². The number of hydrogen-bond acceptors (Lipinski definition) is 3. The standard InChI is InChI=1S/C13H15FN4O/c1-2-16-8-9-3-4-12(10(14)7-9)18-6-5-11(17-18)13(15)19/h3-7,16H,2,8H2,1H3,(H2,15,19). The van der Waals surface area contributed by atoms with E-state index in [0.29, 0.717) is 6.54 Å². The van der Waals surface area contributed by atoms with Crippen molar-refractivity contribution in [3.63, 3.8) is 0 Å². The second-order valence-corrected chi connectivity index (χ2v) is 4.08. The van der Waals surface area contributed by atoms with Crippen LogP contribution in [0, 0.1) is 5.82 Å². The molecule has 5 nitrogen and oxygen atoms in total. The van der Waals surface area contributed by atoms with E-state index in [1.807, 2.05) is 13.0 Å². The van der Waals surface area contributed by atoms with E-state index >= 15 is 0 Å². The Morgan fingerprint density at radius 3 is 2.84 bits per heavy atom. The molecular weight excluding hydrogens is 247 g/mol. The zero-order valence-corrected chi connectivity index (χ0v) is 10.6. The average molecular weight is 262 g/mol. The maximum atomic E-state index is 14.0. The molecule has 0 fully saturated rings. The van der Waals surface area contributed by atoms with Crippen LogP contribution in [0.15, 0.2) is 30.5 Å². The molecule has 0 aliphatic rings. The van der Waals surface area contributed by atoms with Gasteiger partial charge in [-0.3, -0.25) is 4.79 Å². The Morgan fingerprint density at radius 1 is 1.47 bits per heavy atom. The van der Waals surface area contributed by atoms with E-state index in [2.05, 4.69) is 10.4 Å². The van der Waals surface area contributed by atoms with Gasteiger partial charge in [-0.2, -0.15) is 5.10 Å². The van der Waals surface area contributed by atoms with Gasteiger partial charge in [0.1, 0.15) is 17.2 Å². The molecule has 2 aromatic rings. The van der Waals surface area contributed by atoms with Crippen LogP contribution >= 0.6 is 0 Å². The first-order valence-corrected chi connectivity index (χ1v) is 5.97. The van der Waals surface area contributed by atoms with Gasteiger partial charge in [0.25, 0.3) is 5.91 Å². The molecule has 2 rings (SSSR count). The Bertz CT molecular complexity index is 594. The van der Waals surface area contributed by atoms with E-state index in [0.717, 1.165) is 12.1 Å². The quantitative estimate of drug-likeness (QED) is 0.851. The molecule has 0 atom stereocenters. The van der Waals surface area contributed by atoms with Gasteiger partial charge in [0, 0.05) is 12.7 Å². The largest absolute Gasteiger partial charge is 0.364 e. The molecular formula is C13H15FN4O. The van der Waals surface area contributed by atoms with Gasteiger partial charge in [0.2, 0.25) is 0 Å². The average Bonchev–Trinajstić information content (AvgIpc) is 2.86. The third-order valence-electron chi connectivity index (χ3n) is 2.68. The highest BCUT2D eigenvalue weighted by Crippen LogP contribution is 2.15. The van der Waals surface area contributed by atoms with Crippen molar-refractivity contribution in [3.8, 4) is 5.69 Å². The van der Waals surface area contributed by atoms with E-state index in [9.17, 15) is 9.18 Å². The van der Waals surface area contributed by atoms with E-state index in [1.54, 1.807) is 6.07 Å². The summed E-state index contributed by atoms with van der Waals surface area (Å²) in [5, 5.41) is 7.04. The molecule has 100 valence electrons. The first-order valence-electron chi connectivity index (χ1n) is 5.97. The second-order valence-electron chi connectivity index (χ2n) is 4.08. The number of carbonyl (C=O) groups is 1. The summed E-state index contributed by atoms with van der Waals surface area (Å²) < 4.78 is 15.3. The monoisotopic (exact) mass is 262 g/mol. The number of aromatic nitrogens is 2. The van der Waals surface area contributed by atoms with Gasteiger partial charge in [0.05, 0.1) is 0 Å². The Hall–Kier alpha value is -2.21. The van der Waals surface area contributed by atoms with Crippen LogP contribution in [-0.2, 0) is 6.54 Å². The summed E-state index contributed by atoms with van der Waals surface area (Å²) in [6.07, 6.45) is 1.50. The normalized spacial score (nSPS) is 10.6. The second kappa shape index (κ2) is 5.62. The van der Waals surface area contributed by atoms with Crippen molar-refractivity contribution < 1.29 is 9.18 Å². The van der Waals surface area contributed by atoms with Gasteiger partial charge in [-0.15, -0.1) is 0 Å². The number of halogens is 1. The highest BCUT2D eigenvalue weighted by Gasteiger charge is 2.10. The zero-order valence-electron chi connectivity index (χ0n) is 10.6. The lowest BCUT2D eigenvalue weighted by molar-refractivity contribution is 0.0995. The first kappa shape index (κ1) is 13.2. The van der Waals surface area contributed by atoms with Crippen molar-refractivity contribution in [1.82, 2.24) is 15.1 Å². The summed E-state index contributed by atoms with van der Waals surface area (Å²) >= 11 is 0. The fourth-order valence-corrected chi connectivity index (χ4v) is 1.71. The zero-order chi connectivity index (χ0) is 13.8. The number of nitrogens with zero attached hydrogens (tertiary/aromatic N) is 2.